The van der Waals surface area contributed by atoms with Crippen LogP contribution >= 0.6 is 0 Å². The number of hydrogen-bond donors (Lipinski definition) is 0. The van der Waals surface area contributed by atoms with Crippen molar-refractivity contribution in [1.82, 2.24) is 0 Å². The maximum Gasteiger partial charge on any atom is 0.126 e. The third kappa shape index (κ3) is 5.74. The molecule has 1 heterocycles. The molecular weight excluding hydrogens is 424 g/mol. The third-order valence-corrected chi connectivity index (χ3v) is 7.12. The molecule has 0 saturated carbocycles. The van der Waals surface area contributed by atoms with Gasteiger partial charge in [-0.3, -0.25) is 0 Å². The predicted molar refractivity (Wildman–Crippen MR) is 137 cm³/mol. The highest BCUT2D eigenvalue weighted by Gasteiger charge is 2.41. The van der Waals surface area contributed by atoms with Crippen LogP contribution in [0, 0.1) is 16.5 Å². The molecule has 0 aliphatic carbocycles. The summed E-state index contributed by atoms with van der Waals surface area (Å²) in [7, 11) is 0. The van der Waals surface area contributed by atoms with Crippen LogP contribution < -0.4 is 9.47 Å². The summed E-state index contributed by atoms with van der Waals surface area (Å²) in [6.45, 7) is 9.02. The van der Waals surface area contributed by atoms with E-state index in [1.807, 2.05) is 49.4 Å². The number of benzene rings is 2. The van der Waals surface area contributed by atoms with E-state index in [0.29, 0.717) is 45.7 Å². The minimum Gasteiger partial charge on any atom is -0.633 e. The molecule has 2 unspecified atom stereocenters. The Hall–Kier alpha value is -2.55. The number of nitrogens with zero attached hydrogens (tertiary/aromatic N) is 2. The Bertz CT molecular complexity index is 970. The van der Waals surface area contributed by atoms with Crippen LogP contribution in [0.5, 0.6) is 11.5 Å². The van der Waals surface area contributed by atoms with Gasteiger partial charge in [-0.1, -0.05) is 57.0 Å². The first kappa shape index (κ1) is 26.1. The lowest BCUT2D eigenvalue weighted by atomic mass is 9.71. The molecule has 184 valence electrons. The van der Waals surface area contributed by atoms with Crippen molar-refractivity contribution >= 4 is 0 Å². The number of hydroxylamine groups is 3. The summed E-state index contributed by atoms with van der Waals surface area (Å²) in [6, 6.07) is 16.5. The van der Waals surface area contributed by atoms with Crippen molar-refractivity contribution in [2.45, 2.75) is 77.7 Å². The molecule has 5 nitrogen and oxygen atoms in total. The van der Waals surface area contributed by atoms with E-state index < -0.39 is 5.41 Å². The summed E-state index contributed by atoms with van der Waals surface area (Å²) >= 11 is 0. The zero-order chi connectivity index (χ0) is 24.4. The van der Waals surface area contributed by atoms with Crippen LogP contribution in [-0.2, 0) is 12.0 Å². The van der Waals surface area contributed by atoms with Gasteiger partial charge in [0.25, 0.3) is 0 Å². The maximum atomic E-state index is 13.3. The van der Waals surface area contributed by atoms with E-state index in [0.717, 1.165) is 60.3 Å². The topological polar surface area (TPSA) is 65.3 Å². The molecular formula is C29H40N2O3. The molecule has 0 radical (unpaired) electrons. The molecule has 0 aromatic heterocycles. The van der Waals surface area contributed by atoms with Crippen LogP contribution in [0.2, 0.25) is 0 Å². The van der Waals surface area contributed by atoms with Gasteiger partial charge in [0.05, 0.1) is 32.3 Å². The highest BCUT2D eigenvalue weighted by atomic mass is 16.5. The number of quaternary nitrogens is 1. The lowest BCUT2D eigenvalue weighted by molar-refractivity contribution is -0.879. The SMILES string of the molecule is CCCCC[N+]([O-])(CC)CCCC1(C#N)c2ccccc2OCc2c(OCCCC)cccc21. The summed E-state index contributed by atoms with van der Waals surface area (Å²) < 4.78 is 12.2. The second kappa shape index (κ2) is 12.2. The van der Waals surface area contributed by atoms with E-state index in [2.05, 4.69) is 19.9 Å². The molecule has 3 rings (SSSR count). The van der Waals surface area contributed by atoms with Crippen LogP contribution in [0.4, 0.5) is 0 Å². The predicted octanol–water partition coefficient (Wildman–Crippen LogP) is 6.87. The van der Waals surface area contributed by atoms with Gasteiger partial charge < -0.3 is 19.3 Å². The molecule has 1 aliphatic rings. The molecule has 0 amide bonds. The van der Waals surface area contributed by atoms with Crippen molar-refractivity contribution in [3.63, 3.8) is 0 Å². The van der Waals surface area contributed by atoms with Gasteiger partial charge in [0.2, 0.25) is 0 Å². The summed E-state index contributed by atoms with van der Waals surface area (Å²) in [5.41, 5.74) is 1.89. The Morgan fingerprint density at radius 1 is 0.971 bits per heavy atom. The number of para-hydroxylation sites is 1. The van der Waals surface area contributed by atoms with Gasteiger partial charge >= 0.3 is 0 Å². The number of ether oxygens (including phenoxy) is 2. The fourth-order valence-corrected chi connectivity index (χ4v) is 4.97. The van der Waals surface area contributed by atoms with Crippen LogP contribution in [0.1, 0.15) is 82.4 Å². The number of fused-ring (bicyclic) bond motifs is 2. The van der Waals surface area contributed by atoms with Gasteiger partial charge in [-0.15, -0.1) is 0 Å². The average Bonchev–Trinajstić information content (AvgIpc) is 3.00. The van der Waals surface area contributed by atoms with Gasteiger partial charge in [0, 0.05) is 11.1 Å². The van der Waals surface area contributed by atoms with Gasteiger partial charge in [0.1, 0.15) is 23.5 Å². The van der Waals surface area contributed by atoms with E-state index in [1.54, 1.807) is 0 Å². The summed E-state index contributed by atoms with van der Waals surface area (Å²) in [5.74, 6) is 1.53. The summed E-state index contributed by atoms with van der Waals surface area (Å²) in [4.78, 5) is 0. The third-order valence-electron chi connectivity index (χ3n) is 7.12. The second-order valence-electron chi connectivity index (χ2n) is 9.42. The quantitative estimate of drug-likeness (QED) is 0.184. The van der Waals surface area contributed by atoms with E-state index in [1.165, 1.54) is 0 Å². The molecule has 0 fully saturated rings. The maximum absolute atomic E-state index is 13.3. The Morgan fingerprint density at radius 3 is 2.44 bits per heavy atom. The lowest BCUT2D eigenvalue weighted by Gasteiger charge is -2.43. The number of rotatable bonds is 13. The molecule has 1 aliphatic heterocycles. The fourth-order valence-electron chi connectivity index (χ4n) is 4.97. The van der Waals surface area contributed by atoms with Crippen molar-refractivity contribution in [2.24, 2.45) is 0 Å². The highest BCUT2D eigenvalue weighted by molar-refractivity contribution is 5.58. The monoisotopic (exact) mass is 464 g/mol. The summed E-state index contributed by atoms with van der Waals surface area (Å²) in [5, 5.41) is 24.0. The Morgan fingerprint density at radius 2 is 1.71 bits per heavy atom. The molecule has 5 heteroatoms. The first-order valence-electron chi connectivity index (χ1n) is 13.0. The Kier molecular flexibility index (Phi) is 9.38. The number of nitriles is 1. The molecule has 2 aromatic carbocycles. The summed E-state index contributed by atoms with van der Waals surface area (Å²) in [6.07, 6.45) is 6.43. The van der Waals surface area contributed by atoms with Crippen LogP contribution in [0.25, 0.3) is 0 Å². The minimum atomic E-state index is -0.880. The number of hydrogen-bond acceptors (Lipinski definition) is 4. The van der Waals surface area contributed by atoms with Crippen molar-refractivity contribution in [3.8, 4) is 17.6 Å². The van der Waals surface area contributed by atoms with Gasteiger partial charge in [-0.2, -0.15) is 5.26 Å². The first-order valence-corrected chi connectivity index (χ1v) is 13.0. The smallest absolute Gasteiger partial charge is 0.126 e. The molecule has 2 atom stereocenters. The average molecular weight is 465 g/mol. The van der Waals surface area contributed by atoms with Crippen LogP contribution in [-0.4, -0.2) is 30.9 Å². The Balaban J connectivity index is 1.95. The molecule has 0 N–H and O–H groups in total. The molecule has 0 spiro atoms. The van der Waals surface area contributed by atoms with Crippen LogP contribution in [0.15, 0.2) is 42.5 Å². The Labute approximate surface area is 205 Å². The molecule has 0 bridgehead atoms. The van der Waals surface area contributed by atoms with Gasteiger partial charge in [-0.25, -0.2) is 0 Å². The first-order chi connectivity index (χ1) is 16.5. The standard InChI is InChI=1S/C29H40N2O3/c1-4-7-11-19-31(32,6-3)20-13-18-29(23-30)25-15-12-17-27(33-21-8-5-2)24(25)22-34-28-16-10-9-14-26(28)29/h9-10,12,14-17H,4-8,11,13,18-22H2,1-3H3. The molecule has 0 saturated heterocycles. The second-order valence-corrected chi connectivity index (χ2v) is 9.42. The van der Waals surface area contributed by atoms with Gasteiger partial charge in [0.15, 0.2) is 0 Å². The van der Waals surface area contributed by atoms with Crippen molar-refractivity contribution < 1.29 is 14.1 Å². The normalized spacial score (nSPS) is 18.6. The molecule has 2 aromatic rings. The van der Waals surface area contributed by atoms with Crippen molar-refractivity contribution in [3.05, 3.63) is 64.4 Å². The fraction of sp³-hybridized carbons (Fsp3) is 0.552. The molecule has 34 heavy (non-hydrogen) atoms. The van der Waals surface area contributed by atoms with Crippen molar-refractivity contribution in [1.29, 1.82) is 5.26 Å². The minimum absolute atomic E-state index is 0.188. The van der Waals surface area contributed by atoms with Gasteiger partial charge in [-0.05, 0) is 56.7 Å². The highest BCUT2D eigenvalue weighted by Crippen LogP contribution is 2.47. The zero-order valence-electron chi connectivity index (χ0n) is 21.1. The zero-order valence-corrected chi connectivity index (χ0v) is 21.1. The van der Waals surface area contributed by atoms with Crippen LogP contribution in [0.3, 0.4) is 0 Å². The lowest BCUT2D eigenvalue weighted by Crippen LogP contribution is -2.44. The largest absolute Gasteiger partial charge is 0.633 e. The van der Waals surface area contributed by atoms with Crippen molar-refractivity contribution in [2.75, 3.05) is 26.2 Å². The van der Waals surface area contributed by atoms with E-state index in [-0.39, 0.29) is 4.65 Å². The number of unbranched alkanes of at least 4 members (excludes halogenated alkanes) is 3. The van der Waals surface area contributed by atoms with E-state index in [9.17, 15) is 10.5 Å². The van der Waals surface area contributed by atoms with E-state index >= 15 is 0 Å². The van der Waals surface area contributed by atoms with E-state index in [4.69, 9.17) is 9.47 Å².